The molecule has 1 aliphatic heterocycles. The number of amides is 1. The van der Waals surface area contributed by atoms with E-state index in [2.05, 4.69) is 23.2 Å². The van der Waals surface area contributed by atoms with Crippen molar-refractivity contribution in [1.29, 1.82) is 0 Å². The third kappa shape index (κ3) is 2.45. The second-order valence-electron chi connectivity index (χ2n) is 6.25. The van der Waals surface area contributed by atoms with Crippen LogP contribution in [0.25, 0.3) is 10.6 Å². The number of aromatic nitrogens is 4. The van der Waals surface area contributed by atoms with Crippen LogP contribution in [-0.4, -0.2) is 43.5 Å². The van der Waals surface area contributed by atoms with Gasteiger partial charge >= 0.3 is 0 Å². The normalized spacial score (nSPS) is 14.9. The van der Waals surface area contributed by atoms with Crippen molar-refractivity contribution in [1.82, 2.24) is 24.5 Å². The summed E-state index contributed by atoms with van der Waals surface area (Å²) in [6.07, 6.45) is 0. The number of carbonyl (C=O) groups is 1. The zero-order valence-electron chi connectivity index (χ0n) is 13.9. The molecule has 0 aromatic carbocycles. The predicted molar refractivity (Wildman–Crippen MR) is 93.2 cm³/mol. The maximum absolute atomic E-state index is 12.7. The molecule has 1 aliphatic rings. The SMILES string of the molecule is Cc1cc(C)n(C2CN(C(=O)c3cc(-c4cccs4)nn3C)C2)n1. The van der Waals surface area contributed by atoms with Gasteiger partial charge in [0.25, 0.3) is 5.91 Å². The van der Waals surface area contributed by atoms with E-state index in [0.717, 1.165) is 22.0 Å². The fourth-order valence-corrected chi connectivity index (χ4v) is 3.85. The van der Waals surface area contributed by atoms with Crippen molar-refractivity contribution in [2.24, 2.45) is 7.05 Å². The van der Waals surface area contributed by atoms with Crippen molar-refractivity contribution in [2.45, 2.75) is 19.9 Å². The van der Waals surface area contributed by atoms with E-state index in [4.69, 9.17) is 0 Å². The Morgan fingerprint density at radius 2 is 2.04 bits per heavy atom. The van der Waals surface area contributed by atoms with Crippen molar-refractivity contribution in [3.05, 3.63) is 46.7 Å². The average molecular weight is 341 g/mol. The molecular weight excluding hydrogens is 322 g/mol. The molecule has 1 fully saturated rings. The number of thiophene rings is 1. The number of carbonyl (C=O) groups excluding carboxylic acids is 1. The van der Waals surface area contributed by atoms with Gasteiger partial charge in [-0.1, -0.05) is 6.07 Å². The minimum absolute atomic E-state index is 0.0330. The molecule has 1 saturated heterocycles. The molecule has 3 aromatic rings. The fraction of sp³-hybridized carbons (Fsp3) is 0.353. The smallest absolute Gasteiger partial charge is 0.272 e. The number of hydrogen-bond donors (Lipinski definition) is 0. The number of aryl methyl sites for hydroxylation is 3. The van der Waals surface area contributed by atoms with Crippen molar-refractivity contribution >= 4 is 17.2 Å². The fourth-order valence-electron chi connectivity index (χ4n) is 3.17. The summed E-state index contributed by atoms with van der Waals surface area (Å²) in [4.78, 5) is 15.7. The van der Waals surface area contributed by atoms with Crippen LogP contribution in [0.15, 0.2) is 29.6 Å². The number of hydrogen-bond acceptors (Lipinski definition) is 4. The topological polar surface area (TPSA) is 56.0 Å². The van der Waals surface area contributed by atoms with E-state index >= 15 is 0 Å². The molecule has 3 aromatic heterocycles. The van der Waals surface area contributed by atoms with Gasteiger partial charge < -0.3 is 4.90 Å². The van der Waals surface area contributed by atoms with E-state index in [1.807, 2.05) is 47.1 Å². The Hall–Kier alpha value is -2.41. The third-order valence-electron chi connectivity index (χ3n) is 4.41. The summed E-state index contributed by atoms with van der Waals surface area (Å²) in [7, 11) is 1.82. The molecule has 0 saturated carbocycles. The summed E-state index contributed by atoms with van der Waals surface area (Å²) in [5.74, 6) is 0.0330. The van der Waals surface area contributed by atoms with Crippen molar-refractivity contribution < 1.29 is 4.79 Å². The lowest BCUT2D eigenvalue weighted by atomic mass is 10.1. The Bertz CT molecular complexity index is 886. The first kappa shape index (κ1) is 15.1. The van der Waals surface area contributed by atoms with Crippen molar-refractivity contribution in [3.8, 4) is 10.6 Å². The quantitative estimate of drug-likeness (QED) is 0.736. The third-order valence-corrected chi connectivity index (χ3v) is 5.30. The van der Waals surface area contributed by atoms with E-state index in [-0.39, 0.29) is 11.9 Å². The van der Waals surface area contributed by atoms with Gasteiger partial charge in [-0.05, 0) is 37.4 Å². The summed E-state index contributed by atoms with van der Waals surface area (Å²) in [6.45, 7) is 5.44. The second-order valence-corrected chi connectivity index (χ2v) is 7.20. The molecule has 124 valence electrons. The highest BCUT2D eigenvalue weighted by Gasteiger charge is 2.35. The average Bonchev–Trinajstić information content (AvgIpc) is 3.18. The maximum atomic E-state index is 12.7. The molecule has 6 nitrogen and oxygen atoms in total. The molecule has 0 N–H and O–H groups in total. The minimum atomic E-state index is 0.0330. The Balaban J connectivity index is 1.49. The first-order valence-corrected chi connectivity index (χ1v) is 8.81. The summed E-state index contributed by atoms with van der Waals surface area (Å²) in [5, 5.41) is 11.0. The van der Waals surface area contributed by atoms with E-state index in [0.29, 0.717) is 18.8 Å². The molecule has 1 amide bonds. The summed E-state index contributed by atoms with van der Waals surface area (Å²) in [5.41, 5.74) is 3.64. The van der Waals surface area contributed by atoms with E-state index in [9.17, 15) is 4.79 Å². The molecule has 7 heteroatoms. The lowest BCUT2D eigenvalue weighted by Gasteiger charge is -2.39. The van der Waals surface area contributed by atoms with Gasteiger partial charge in [0.1, 0.15) is 11.4 Å². The summed E-state index contributed by atoms with van der Waals surface area (Å²) >= 11 is 1.63. The zero-order chi connectivity index (χ0) is 16.8. The standard InChI is InChI=1S/C17H19N5OS/c1-11-7-12(2)22(18-11)13-9-21(10-13)17(23)15-8-14(19-20(15)3)16-5-4-6-24-16/h4-8,13H,9-10H2,1-3H3. The molecule has 0 spiro atoms. The van der Waals surface area contributed by atoms with Gasteiger partial charge in [0, 0.05) is 25.8 Å². The van der Waals surface area contributed by atoms with Gasteiger partial charge in [0.2, 0.25) is 0 Å². The largest absolute Gasteiger partial charge is 0.333 e. The van der Waals surface area contributed by atoms with Crippen molar-refractivity contribution in [2.75, 3.05) is 13.1 Å². The molecule has 0 bridgehead atoms. The van der Waals surface area contributed by atoms with Crippen LogP contribution in [0.5, 0.6) is 0 Å². The molecule has 0 radical (unpaired) electrons. The highest BCUT2D eigenvalue weighted by molar-refractivity contribution is 7.13. The molecule has 0 aliphatic carbocycles. The van der Waals surface area contributed by atoms with Gasteiger partial charge in [-0.25, -0.2) is 0 Å². The molecular formula is C17H19N5OS. The zero-order valence-corrected chi connectivity index (χ0v) is 14.7. The molecule has 4 heterocycles. The van der Waals surface area contributed by atoms with Gasteiger partial charge in [0.05, 0.1) is 16.6 Å². The molecule has 4 rings (SSSR count). The molecule has 24 heavy (non-hydrogen) atoms. The maximum Gasteiger partial charge on any atom is 0.272 e. The first-order chi connectivity index (χ1) is 11.5. The van der Waals surface area contributed by atoms with Crippen LogP contribution in [0.1, 0.15) is 27.9 Å². The van der Waals surface area contributed by atoms with E-state index in [1.54, 1.807) is 16.0 Å². The van der Waals surface area contributed by atoms with Gasteiger partial charge in [0.15, 0.2) is 0 Å². The first-order valence-electron chi connectivity index (χ1n) is 7.93. The minimum Gasteiger partial charge on any atom is -0.333 e. The Morgan fingerprint density at radius 3 is 2.67 bits per heavy atom. The highest BCUT2D eigenvalue weighted by Crippen LogP contribution is 2.27. The Kier molecular flexibility index (Phi) is 3.53. The van der Waals surface area contributed by atoms with Crippen LogP contribution in [0.3, 0.4) is 0 Å². The number of nitrogens with zero attached hydrogens (tertiary/aromatic N) is 5. The predicted octanol–water partition coefficient (Wildman–Crippen LogP) is 2.66. The van der Waals surface area contributed by atoms with Crippen LogP contribution >= 0.6 is 11.3 Å². The van der Waals surface area contributed by atoms with Crippen LogP contribution in [0, 0.1) is 13.8 Å². The van der Waals surface area contributed by atoms with Crippen molar-refractivity contribution in [3.63, 3.8) is 0 Å². The van der Waals surface area contributed by atoms with E-state index < -0.39 is 0 Å². The van der Waals surface area contributed by atoms with Crippen LogP contribution in [-0.2, 0) is 7.05 Å². The van der Waals surface area contributed by atoms with Gasteiger partial charge in [-0.2, -0.15) is 10.2 Å². The lowest BCUT2D eigenvalue weighted by Crippen LogP contribution is -2.51. The summed E-state index contributed by atoms with van der Waals surface area (Å²) in [6, 6.07) is 8.23. The Labute approximate surface area is 144 Å². The van der Waals surface area contributed by atoms with Gasteiger partial charge in [-0.15, -0.1) is 11.3 Å². The van der Waals surface area contributed by atoms with Crippen LogP contribution < -0.4 is 0 Å². The van der Waals surface area contributed by atoms with E-state index in [1.165, 1.54) is 0 Å². The van der Waals surface area contributed by atoms with Crippen LogP contribution in [0.4, 0.5) is 0 Å². The molecule has 0 unspecified atom stereocenters. The second kappa shape index (κ2) is 5.59. The van der Waals surface area contributed by atoms with Crippen LogP contribution in [0.2, 0.25) is 0 Å². The molecule has 0 atom stereocenters. The number of likely N-dealkylation sites (tertiary alicyclic amines) is 1. The summed E-state index contributed by atoms with van der Waals surface area (Å²) < 4.78 is 3.70. The van der Waals surface area contributed by atoms with Gasteiger partial charge in [-0.3, -0.25) is 14.2 Å². The Morgan fingerprint density at radius 1 is 1.25 bits per heavy atom. The number of rotatable bonds is 3. The lowest BCUT2D eigenvalue weighted by molar-refractivity contribution is 0.0486. The monoisotopic (exact) mass is 341 g/mol. The highest BCUT2D eigenvalue weighted by atomic mass is 32.1.